The topological polar surface area (TPSA) is 12.9 Å². The van der Waals surface area contributed by atoms with E-state index in [1.165, 1.54) is 16.1 Å². The van der Waals surface area contributed by atoms with Crippen molar-refractivity contribution in [3.63, 3.8) is 0 Å². The van der Waals surface area contributed by atoms with Gasteiger partial charge in [-0.15, -0.1) is 35.0 Å². The summed E-state index contributed by atoms with van der Waals surface area (Å²) in [5.74, 6) is 2.18. The van der Waals surface area contributed by atoms with E-state index in [9.17, 15) is 0 Å². The molecule has 1 nitrogen and oxygen atoms in total. The number of allylic oxidation sites excluding steroid dienone is 4. The van der Waals surface area contributed by atoms with Gasteiger partial charge < -0.3 is 0 Å². The second-order valence-electron chi connectivity index (χ2n) is 5.76. The fourth-order valence-electron chi connectivity index (χ4n) is 2.29. The molecule has 0 fully saturated rings. The van der Waals surface area contributed by atoms with Crippen LogP contribution in [-0.2, 0) is 17.0 Å². The maximum atomic E-state index is 4.89. The Bertz CT molecular complexity index is 757. The normalized spacial score (nSPS) is 14.6. The molecule has 0 bridgehead atoms. The summed E-state index contributed by atoms with van der Waals surface area (Å²) in [5.41, 5.74) is 0.208. The molecule has 4 rings (SSSR count). The summed E-state index contributed by atoms with van der Waals surface area (Å²) in [6.07, 6.45) is 11.2. The molecule has 24 heavy (non-hydrogen) atoms. The van der Waals surface area contributed by atoms with Gasteiger partial charge in [-0.25, -0.2) is 16.9 Å². The number of nitrogens with zero attached hydrogens (tertiary/aromatic N) is 1. The first kappa shape index (κ1) is 19.6. The van der Waals surface area contributed by atoms with E-state index in [4.69, 9.17) is 18.6 Å². The minimum atomic E-state index is -0.556. The minimum Gasteiger partial charge on any atom is -0.243 e. The Kier molecular flexibility index (Phi) is 7.94. The Hall–Kier alpha value is -0.686. The first-order chi connectivity index (χ1) is 11.6. The van der Waals surface area contributed by atoms with Crippen molar-refractivity contribution in [2.45, 2.75) is 13.8 Å². The van der Waals surface area contributed by atoms with Crippen LogP contribution in [0.1, 0.15) is 13.8 Å². The third-order valence-corrected chi connectivity index (χ3v) is 5.06. The van der Waals surface area contributed by atoms with E-state index < -0.39 is 24.7 Å². The van der Waals surface area contributed by atoms with Gasteiger partial charge >= 0.3 is 35.6 Å². The third kappa shape index (κ3) is 5.99. The zero-order chi connectivity index (χ0) is 17.4. The fraction of sp³-hybridized carbons (Fsp3) is 0.158. The molecule has 5 heteroatoms. The third-order valence-electron chi connectivity index (χ3n) is 3.44. The number of halogens is 2. The molecule has 0 radical (unpaired) electrons. The first-order valence-electron chi connectivity index (χ1n) is 7.46. The van der Waals surface area contributed by atoms with E-state index in [-0.39, 0.29) is 5.41 Å². The molecule has 3 aromatic rings. The van der Waals surface area contributed by atoms with Gasteiger partial charge in [0.05, 0.1) is 0 Å². The summed E-state index contributed by atoms with van der Waals surface area (Å²) in [4.78, 5) is 0. The smallest absolute Gasteiger partial charge is 0.0316 e. The molecule has 0 aliphatic heterocycles. The number of hydrogen-bond donors (Lipinski definition) is 0. The van der Waals surface area contributed by atoms with Crippen LogP contribution in [0.2, 0.25) is 0 Å². The van der Waals surface area contributed by atoms with Crippen LogP contribution in [0.25, 0.3) is 16.1 Å². The monoisotopic (exact) mass is 409 g/mol. The largest absolute Gasteiger partial charge is 0.243 e. The molecule has 1 unspecified atom stereocenters. The number of hydrogen-bond acceptors (Lipinski definition) is 1. The van der Waals surface area contributed by atoms with Crippen LogP contribution < -0.4 is 0 Å². The Morgan fingerprint density at radius 1 is 1.21 bits per heavy atom. The van der Waals surface area contributed by atoms with Crippen molar-refractivity contribution < 1.29 is 17.0 Å². The van der Waals surface area contributed by atoms with Gasteiger partial charge in [-0.2, -0.15) is 12.1 Å². The van der Waals surface area contributed by atoms with E-state index in [0.29, 0.717) is 0 Å². The summed E-state index contributed by atoms with van der Waals surface area (Å²) < 4.78 is 4.43. The van der Waals surface area contributed by atoms with E-state index in [0.717, 1.165) is 0 Å². The predicted molar refractivity (Wildman–Crippen MR) is 104 cm³/mol. The quantitative estimate of drug-likeness (QED) is 0.304. The summed E-state index contributed by atoms with van der Waals surface area (Å²) >= 11 is -0.556. The Labute approximate surface area is 161 Å². The molecule has 0 N–H and O–H groups in total. The van der Waals surface area contributed by atoms with E-state index in [1.54, 1.807) is 0 Å². The number of benzene rings is 1. The van der Waals surface area contributed by atoms with E-state index >= 15 is 0 Å². The van der Waals surface area contributed by atoms with Gasteiger partial charge in [0, 0.05) is 6.20 Å². The molecule has 1 aromatic heterocycles. The van der Waals surface area contributed by atoms with Crippen LogP contribution >= 0.6 is 26.3 Å². The molecule has 0 saturated heterocycles. The molecular weight excluding hydrogens is 392 g/mol. The maximum absolute atomic E-state index is 4.89. The van der Waals surface area contributed by atoms with Gasteiger partial charge in [0.2, 0.25) is 0 Å². The predicted octanol–water partition coefficient (Wildman–Crippen LogP) is 7.25. The van der Waals surface area contributed by atoms with Crippen LogP contribution in [0, 0.1) is 11.5 Å². The van der Waals surface area contributed by atoms with Gasteiger partial charge in [0.1, 0.15) is 0 Å². The SMILES string of the molecule is CC1(C)[C-]=CC=C1.[Cl][Ti][Cl].c1ccc2[cH-]c(-p3cccn3)cc2c1. The van der Waals surface area contributed by atoms with Gasteiger partial charge in [-0.1, -0.05) is 30.6 Å². The number of aromatic nitrogens is 1. The Morgan fingerprint density at radius 2 is 1.96 bits per heavy atom. The van der Waals surface area contributed by atoms with Crippen LogP contribution in [0.5, 0.6) is 0 Å². The molecule has 2 aromatic carbocycles. The van der Waals surface area contributed by atoms with Crippen molar-refractivity contribution in [2.75, 3.05) is 0 Å². The zero-order valence-corrected chi connectivity index (χ0v) is 17.5. The zero-order valence-electron chi connectivity index (χ0n) is 13.6. The fourth-order valence-corrected chi connectivity index (χ4v) is 3.67. The van der Waals surface area contributed by atoms with Crippen molar-refractivity contribution in [1.29, 1.82) is 0 Å². The maximum Gasteiger partial charge on any atom is 0.0316 e. The minimum absolute atomic E-state index is 0.208. The number of rotatable bonds is 1. The molecule has 1 atom stereocenters. The van der Waals surface area contributed by atoms with Crippen LogP contribution in [-0.4, -0.2) is 4.75 Å². The van der Waals surface area contributed by atoms with Crippen molar-refractivity contribution in [1.82, 2.24) is 4.75 Å². The Balaban J connectivity index is 0.000000176. The average molecular weight is 410 g/mol. The first-order valence-corrected chi connectivity index (χ1v) is 13.1. The molecule has 1 aliphatic carbocycles. The average Bonchev–Trinajstić information content (AvgIpc) is 3.27. The van der Waals surface area contributed by atoms with Crippen molar-refractivity contribution in [3.8, 4) is 5.30 Å². The van der Waals surface area contributed by atoms with Crippen molar-refractivity contribution in [3.05, 3.63) is 78.8 Å². The number of fused-ring (bicyclic) bond motifs is 1. The molecule has 0 spiro atoms. The van der Waals surface area contributed by atoms with Gasteiger partial charge in [-0.05, 0) is 19.6 Å². The Morgan fingerprint density at radius 3 is 2.46 bits per heavy atom. The molecule has 0 saturated carbocycles. The standard InChI is InChI=1S/C12H9NP.C7H9.2ClH.Ti/c1-2-5-11-9-12(8-10(11)4-1)14-7-3-6-13-14;1-7(2)5-3-4-6-7;;;/h1-9H;3-5H,1-2H3;2*1H;/q2*-1;;;+2/p-2. The molecule has 0 amide bonds. The van der Waals surface area contributed by atoms with Crippen LogP contribution in [0.3, 0.4) is 0 Å². The van der Waals surface area contributed by atoms with E-state index in [2.05, 4.69) is 72.9 Å². The summed E-state index contributed by atoms with van der Waals surface area (Å²) in [6, 6.07) is 15.0. The molecule has 124 valence electrons. The van der Waals surface area contributed by atoms with Gasteiger partial charge in [-0.3, -0.25) is 6.08 Å². The van der Waals surface area contributed by atoms with E-state index in [1.807, 2.05) is 24.4 Å². The molecule has 1 heterocycles. The molecule has 1 aliphatic rings. The second-order valence-corrected chi connectivity index (χ2v) is 10.1. The van der Waals surface area contributed by atoms with Gasteiger partial charge in [0.15, 0.2) is 0 Å². The second kappa shape index (κ2) is 9.71. The van der Waals surface area contributed by atoms with Gasteiger partial charge in [0.25, 0.3) is 0 Å². The van der Waals surface area contributed by atoms with Crippen LogP contribution in [0.4, 0.5) is 0 Å². The van der Waals surface area contributed by atoms with Crippen molar-refractivity contribution in [2.24, 2.45) is 5.41 Å². The van der Waals surface area contributed by atoms with Crippen molar-refractivity contribution >= 4 is 37.1 Å². The summed E-state index contributed by atoms with van der Waals surface area (Å²) in [6.45, 7) is 4.26. The summed E-state index contributed by atoms with van der Waals surface area (Å²) in [5, 5.41) is 3.99. The molecular formula is C19H18Cl2NPTi-2. The summed E-state index contributed by atoms with van der Waals surface area (Å²) in [7, 11) is 9.38. The van der Waals surface area contributed by atoms with Crippen LogP contribution in [0.15, 0.2) is 72.7 Å².